The third-order valence-electron chi connectivity index (χ3n) is 11.7. The first-order valence-electron chi connectivity index (χ1n) is 20.9. The number of para-hydroxylation sites is 2. The molecule has 0 aliphatic carbocycles. The van der Waals surface area contributed by atoms with Crippen LogP contribution in [0.1, 0.15) is 31.8 Å². The van der Waals surface area contributed by atoms with Gasteiger partial charge in [0.05, 0.1) is 45.2 Å². The number of nitriles is 1. The van der Waals surface area contributed by atoms with Gasteiger partial charge in [-0.05, 0) is 65.6 Å². The second-order valence-corrected chi connectivity index (χ2v) is 15.5. The molecule has 0 saturated carbocycles. The molecule has 0 unspecified atom stereocenters. The highest BCUT2D eigenvalue weighted by atomic mass is 16.2. The Morgan fingerprint density at radius 3 is 1.56 bits per heavy atom. The predicted molar refractivity (Wildman–Crippen MR) is 256 cm³/mol. The van der Waals surface area contributed by atoms with Crippen LogP contribution >= 0.6 is 0 Å². The molecule has 11 rings (SSSR count). The molecule has 0 fully saturated rings. The van der Waals surface area contributed by atoms with Crippen LogP contribution in [0.4, 0.5) is 5.69 Å². The van der Waals surface area contributed by atoms with E-state index in [1.165, 1.54) is 10.5 Å². The van der Waals surface area contributed by atoms with E-state index in [-0.39, 0.29) is 5.91 Å². The van der Waals surface area contributed by atoms with E-state index in [0.29, 0.717) is 28.1 Å². The molecule has 5 heteroatoms. The molecule has 298 valence electrons. The molecule has 0 bridgehead atoms. The maximum atomic E-state index is 15.4. The Balaban J connectivity index is 0.000000616. The Labute approximate surface area is 366 Å². The van der Waals surface area contributed by atoms with Crippen LogP contribution in [0.25, 0.3) is 72.0 Å². The van der Waals surface area contributed by atoms with Crippen molar-refractivity contribution >= 4 is 39.3 Å². The van der Waals surface area contributed by atoms with Crippen LogP contribution in [0.5, 0.6) is 0 Å². The lowest BCUT2D eigenvalue weighted by Crippen LogP contribution is -2.30. The van der Waals surface area contributed by atoms with E-state index in [4.69, 9.17) is 0 Å². The number of imide groups is 1. The molecular formula is C58H39N3O2. The summed E-state index contributed by atoms with van der Waals surface area (Å²) in [6.45, 7) is 2.08. The van der Waals surface area contributed by atoms with E-state index in [1.54, 1.807) is 6.07 Å². The molecule has 0 N–H and O–H groups in total. The van der Waals surface area contributed by atoms with Crippen molar-refractivity contribution in [1.29, 1.82) is 5.26 Å². The fourth-order valence-electron chi connectivity index (χ4n) is 8.84. The smallest absolute Gasteiger partial charge is 0.268 e. The van der Waals surface area contributed by atoms with Gasteiger partial charge >= 0.3 is 0 Å². The van der Waals surface area contributed by atoms with E-state index in [1.807, 2.05) is 164 Å². The van der Waals surface area contributed by atoms with Crippen LogP contribution in [0.3, 0.4) is 0 Å². The zero-order valence-corrected chi connectivity index (χ0v) is 34.4. The van der Waals surface area contributed by atoms with Gasteiger partial charge in [0.25, 0.3) is 11.8 Å². The van der Waals surface area contributed by atoms with Gasteiger partial charge in [0.2, 0.25) is 0 Å². The average molecular weight is 810 g/mol. The molecule has 1 aliphatic heterocycles. The Morgan fingerprint density at radius 1 is 0.429 bits per heavy atom. The second kappa shape index (κ2) is 16.5. The number of hydrogen-bond acceptors (Lipinski definition) is 3. The number of hydrogen-bond donors (Lipinski definition) is 0. The lowest BCUT2D eigenvalue weighted by atomic mass is 9.90. The number of nitrogens with zero attached hydrogens (tertiary/aromatic N) is 3. The number of carbonyl (C=O) groups excluding carboxylic acids is 2. The highest BCUT2D eigenvalue weighted by Gasteiger charge is 2.42. The molecule has 5 nitrogen and oxygen atoms in total. The molecular weight excluding hydrogens is 771 g/mol. The van der Waals surface area contributed by atoms with Crippen LogP contribution in [0, 0.1) is 18.3 Å². The van der Waals surface area contributed by atoms with Crippen molar-refractivity contribution in [3.63, 3.8) is 0 Å². The minimum absolute atomic E-state index is 0.327. The lowest BCUT2D eigenvalue weighted by Gasteiger charge is -2.24. The van der Waals surface area contributed by atoms with Crippen molar-refractivity contribution in [1.82, 2.24) is 4.57 Å². The number of fused-ring (bicyclic) bond motifs is 4. The monoisotopic (exact) mass is 809 g/mol. The molecule has 0 atom stereocenters. The first-order valence-corrected chi connectivity index (χ1v) is 20.9. The summed E-state index contributed by atoms with van der Waals surface area (Å²) >= 11 is 0. The zero-order chi connectivity index (χ0) is 42.9. The first-order chi connectivity index (χ1) is 31.0. The molecule has 63 heavy (non-hydrogen) atoms. The predicted octanol–water partition coefficient (Wildman–Crippen LogP) is 14.1. The van der Waals surface area contributed by atoms with Gasteiger partial charge in [-0.3, -0.25) is 9.59 Å². The largest absolute Gasteiger partial charge is 0.308 e. The van der Waals surface area contributed by atoms with E-state index in [0.717, 1.165) is 66.3 Å². The van der Waals surface area contributed by atoms with Gasteiger partial charge in [-0.25, -0.2) is 4.90 Å². The second-order valence-electron chi connectivity index (χ2n) is 15.5. The minimum atomic E-state index is -0.400. The van der Waals surface area contributed by atoms with E-state index in [9.17, 15) is 5.26 Å². The minimum Gasteiger partial charge on any atom is -0.308 e. The molecule has 9 aromatic carbocycles. The number of anilines is 1. The number of rotatable bonds is 6. The molecule has 0 spiro atoms. The van der Waals surface area contributed by atoms with E-state index >= 15 is 9.59 Å². The Bertz CT molecular complexity index is 3330. The van der Waals surface area contributed by atoms with Gasteiger partial charge in [-0.1, -0.05) is 188 Å². The molecule has 1 aromatic heterocycles. The van der Waals surface area contributed by atoms with Gasteiger partial charge in [-0.15, -0.1) is 0 Å². The van der Waals surface area contributed by atoms with Crippen LogP contribution in [0.15, 0.2) is 218 Å². The highest BCUT2D eigenvalue weighted by molar-refractivity contribution is 6.37. The Hall–Kier alpha value is -8.59. The number of aromatic nitrogens is 1. The standard InChI is InChI=1S/C51H31N3O2.C7H8/c52-32-36-22-10-11-23-38(36)40-25-14-26-41-39-24-12-13-28-45(39)53(48(40)41)46-29-15-27-42-47(46)51(56)54(50(42)55)49-43(34-18-6-2-7-19-34)30-37(33-16-4-1-5-17-33)31-44(49)35-20-8-3-9-21-35;1-7-5-3-2-4-6-7/h1-31H;2-6H,1H3. The zero-order valence-electron chi connectivity index (χ0n) is 34.4. The summed E-state index contributed by atoms with van der Waals surface area (Å²) in [5.74, 6) is -0.784. The van der Waals surface area contributed by atoms with Gasteiger partial charge in [0.1, 0.15) is 0 Å². The number of aryl methyl sites for hydroxylation is 1. The Morgan fingerprint density at radius 2 is 0.937 bits per heavy atom. The summed E-state index contributed by atoms with van der Waals surface area (Å²) in [4.78, 5) is 31.8. The van der Waals surface area contributed by atoms with Crippen molar-refractivity contribution in [2.75, 3.05) is 4.90 Å². The summed E-state index contributed by atoms with van der Waals surface area (Å²) in [5, 5.41) is 12.1. The third kappa shape index (κ3) is 6.86. The fraction of sp³-hybridized carbons (Fsp3) is 0.0172. The van der Waals surface area contributed by atoms with E-state index < -0.39 is 5.91 Å². The molecule has 2 amide bonds. The maximum absolute atomic E-state index is 15.4. The lowest BCUT2D eigenvalue weighted by molar-refractivity contribution is 0.0926. The summed E-state index contributed by atoms with van der Waals surface area (Å²) in [7, 11) is 0. The van der Waals surface area contributed by atoms with Crippen LogP contribution < -0.4 is 4.90 Å². The van der Waals surface area contributed by atoms with Crippen molar-refractivity contribution in [3.8, 4) is 56.3 Å². The molecule has 0 radical (unpaired) electrons. The fourth-order valence-corrected chi connectivity index (χ4v) is 8.84. The Kier molecular flexibility index (Phi) is 10.1. The van der Waals surface area contributed by atoms with Crippen molar-refractivity contribution in [3.05, 3.63) is 241 Å². The molecule has 1 aliphatic rings. The number of benzene rings is 9. The van der Waals surface area contributed by atoms with Gasteiger partial charge in [-0.2, -0.15) is 5.26 Å². The number of carbonyl (C=O) groups is 2. The summed E-state index contributed by atoms with van der Waals surface area (Å²) in [6, 6.07) is 74.1. The molecule has 2 heterocycles. The molecule has 0 saturated heterocycles. The summed E-state index contributed by atoms with van der Waals surface area (Å²) in [6.07, 6.45) is 0. The average Bonchev–Trinajstić information content (AvgIpc) is 3.82. The van der Waals surface area contributed by atoms with Gasteiger partial charge in [0, 0.05) is 33.0 Å². The van der Waals surface area contributed by atoms with Crippen LogP contribution in [-0.4, -0.2) is 16.4 Å². The SMILES string of the molecule is Cc1ccccc1.N#Cc1ccccc1-c1cccc2c3ccccc3n(-c3cccc4c3C(=O)N(c3c(-c5ccccc5)cc(-c5ccccc5)cc3-c3ccccc3)C4=O)c12. The van der Waals surface area contributed by atoms with Crippen molar-refractivity contribution < 1.29 is 9.59 Å². The summed E-state index contributed by atoms with van der Waals surface area (Å²) in [5.41, 5.74) is 12.4. The quantitative estimate of drug-likeness (QED) is 0.157. The van der Waals surface area contributed by atoms with Crippen LogP contribution in [0.2, 0.25) is 0 Å². The maximum Gasteiger partial charge on any atom is 0.268 e. The van der Waals surface area contributed by atoms with Crippen molar-refractivity contribution in [2.45, 2.75) is 6.92 Å². The van der Waals surface area contributed by atoms with Gasteiger partial charge in [0.15, 0.2) is 0 Å². The topological polar surface area (TPSA) is 66.1 Å². The summed E-state index contributed by atoms with van der Waals surface area (Å²) < 4.78 is 2.09. The van der Waals surface area contributed by atoms with E-state index in [2.05, 4.69) is 66.1 Å². The highest BCUT2D eigenvalue weighted by Crippen LogP contribution is 2.47. The van der Waals surface area contributed by atoms with Crippen LogP contribution in [-0.2, 0) is 0 Å². The normalized spacial score (nSPS) is 11.9. The van der Waals surface area contributed by atoms with Gasteiger partial charge < -0.3 is 4.57 Å². The van der Waals surface area contributed by atoms with Crippen molar-refractivity contribution in [2.24, 2.45) is 0 Å². The molecule has 10 aromatic rings. The third-order valence-corrected chi connectivity index (χ3v) is 11.7. The first kappa shape index (κ1) is 38.6. The number of amides is 2.